The van der Waals surface area contributed by atoms with E-state index in [0.717, 1.165) is 11.8 Å². The molecule has 0 aliphatic carbocycles. The van der Waals surface area contributed by atoms with E-state index >= 15 is 0 Å². The van der Waals surface area contributed by atoms with Gasteiger partial charge in [0.05, 0.1) is 9.83 Å². The number of rotatable bonds is 3. The molecule has 0 atom stereocenters. The van der Waals surface area contributed by atoms with Gasteiger partial charge in [-0.15, -0.1) is 0 Å². The number of carbonyl (C=O) groups excluding carboxylic acids is 2. The van der Waals surface area contributed by atoms with Crippen LogP contribution in [0.2, 0.25) is 0 Å². The molecule has 0 spiro atoms. The molecular formula is C15H15N3O4S. The summed E-state index contributed by atoms with van der Waals surface area (Å²) in [6, 6.07) is 4.85. The summed E-state index contributed by atoms with van der Waals surface area (Å²) >= 11 is 1.03. The van der Waals surface area contributed by atoms with Gasteiger partial charge in [0.25, 0.3) is 11.6 Å². The normalized spacial score (nSPS) is 15.9. The summed E-state index contributed by atoms with van der Waals surface area (Å²) in [5.41, 5.74) is 1.20. The van der Waals surface area contributed by atoms with Crippen LogP contribution < -0.4 is 5.32 Å². The summed E-state index contributed by atoms with van der Waals surface area (Å²) in [5, 5.41) is 13.9. The molecule has 7 nitrogen and oxygen atoms in total. The molecule has 2 amide bonds. The molecule has 8 heteroatoms. The van der Waals surface area contributed by atoms with E-state index in [1.807, 2.05) is 13.8 Å². The third-order valence-corrected chi connectivity index (χ3v) is 3.97. The highest BCUT2D eigenvalue weighted by Gasteiger charge is 2.23. The highest BCUT2D eigenvalue weighted by molar-refractivity contribution is 8.18. The molecule has 120 valence electrons. The first kappa shape index (κ1) is 16.9. The molecule has 1 aliphatic rings. The lowest BCUT2D eigenvalue weighted by Crippen LogP contribution is -2.23. The van der Waals surface area contributed by atoms with Gasteiger partial charge in [0.2, 0.25) is 5.91 Å². The van der Waals surface area contributed by atoms with E-state index < -0.39 is 10.8 Å². The first-order chi connectivity index (χ1) is 10.8. The topological polar surface area (TPSA) is 102 Å². The van der Waals surface area contributed by atoms with Gasteiger partial charge in [0, 0.05) is 18.6 Å². The average Bonchev–Trinajstić information content (AvgIpc) is 2.77. The number of thioether (sulfide) groups is 1. The predicted octanol–water partition coefficient (Wildman–Crippen LogP) is 2.82. The van der Waals surface area contributed by atoms with Crippen molar-refractivity contribution < 1.29 is 14.5 Å². The van der Waals surface area contributed by atoms with Gasteiger partial charge in [0.1, 0.15) is 0 Å². The molecule has 0 fully saturated rings. The lowest BCUT2D eigenvalue weighted by atomic mass is 9.99. The summed E-state index contributed by atoms with van der Waals surface area (Å²) in [5.74, 6) is -0.772. The van der Waals surface area contributed by atoms with Gasteiger partial charge < -0.3 is 5.32 Å². The van der Waals surface area contributed by atoms with Crippen LogP contribution in [-0.4, -0.2) is 21.9 Å². The van der Waals surface area contributed by atoms with Crippen molar-refractivity contribution >= 4 is 40.5 Å². The van der Waals surface area contributed by atoms with Crippen LogP contribution in [0.3, 0.4) is 0 Å². The smallest absolute Gasteiger partial charge is 0.286 e. The molecule has 1 aliphatic heterocycles. The van der Waals surface area contributed by atoms with Gasteiger partial charge in [-0.05, 0) is 29.3 Å². The van der Waals surface area contributed by atoms with Gasteiger partial charge in [-0.25, -0.2) is 0 Å². The van der Waals surface area contributed by atoms with Crippen LogP contribution in [0.15, 0.2) is 28.1 Å². The van der Waals surface area contributed by atoms with Crippen molar-refractivity contribution in [3.8, 4) is 0 Å². The fraction of sp³-hybridized carbons (Fsp3) is 0.267. The van der Waals surface area contributed by atoms with Crippen molar-refractivity contribution in [3.05, 3.63) is 44.3 Å². The number of carbonyl (C=O) groups is 2. The van der Waals surface area contributed by atoms with Crippen LogP contribution in [-0.2, 0) is 9.59 Å². The summed E-state index contributed by atoms with van der Waals surface area (Å²) < 4.78 is 0. The fourth-order valence-electron chi connectivity index (χ4n) is 2.06. The maximum atomic E-state index is 11.8. The van der Waals surface area contributed by atoms with Gasteiger partial charge in [-0.3, -0.25) is 19.7 Å². The Balaban J connectivity index is 2.30. The number of nitrogens with one attached hydrogen (secondary N) is 1. The Morgan fingerprint density at radius 2 is 2.13 bits per heavy atom. The van der Waals surface area contributed by atoms with Gasteiger partial charge >= 0.3 is 0 Å². The molecule has 2 rings (SSSR count). The van der Waals surface area contributed by atoms with Crippen molar-refractivity contribution in [2.75, 3.05) is 0 Å². The summed E-state index contributed by atoms with van der Waals surface area (Å²) in [4.78, 5) is 37.6. The highest BCUT2D eigenvalue weighted by Crippen LogP contribution is 2.31. The van der Waals surface area contributed by atoms with E-state index in [0.29, 0.717) is 16.0 Å². The number of hydrogen-bond donors (Lipinski definition) is 1. The molecular weight excluding hydrogens is 318 g/mol. The zero-order valence-electron chi connectivity index (χ0n) is 12.8. The van der Waals surface area contributed by atoms with E-state index in [1.165, 1.54) is 19.1 Å². The maximum absolute atomic E-state index is 11.8. The summed E-state index contributed by atoms with van der Waals surface area (Å²) in [6.45, 7) is 5.08. The van der Waals surface area contributed by atoms with Crippen LogP contribution >= 0.6 is 11.8 Å². The Kier molecular flexibility index (Phi) is 4.95. The van der Waals surface area contributed by atoms with Crippen molar-refractivity contribution in [2.24, 2.45) is 4.99 Å². The minimum Gasteiger partial charge on any atom is -0.305 e. The van der Waals surface area contributed by atoms with Crippen LogP contribution in [0.25, 0.3) is 6.08 Å². The van der Waals surface area contributed by atoms with Crippen molar-refractivity contribution in [1.82, 2.24) is 5.32 Å². The Hall–Kier alpha value is -2.48. The molecule has 1 aromatic rings. The average molecular weight is 333 g/mol. The molecule has 1 heterocycles. The van der Waals surface area contributed by atoms with E-state index in [1.54, 1.807) is 12.1 Å². The minimum atomic E-state index is -0.477. The third kappa shape index (κ3) is 4.04. The zero-order chi connectivity index (χ0) is 17.1. The van der Waals surface area contributed by atoms with Gasteiger partial charge in [0.15, 0.2) is 5.17 Å². The molecule has 0 saturated carbocycles. The zero-order valence-corrected chi connectivity index (χ0v) is 13.6. The number of hydrogen-bond acceptors (Lipinski definition) is 5. The van der Waals surface area contributed by atoms with Crippen LogP contribution in [0.4, 0.5) is 5.69 Å². The molecule has 0 unspecified atom stereocenters. The number of amidine groups is 1. The second kappa shape index (κ2) is 6.74. The van der Waals surface area contributed by atoms with Crippen LogP contribution in [0, 0.1) is 10.1 Å². The second-order valence-electron chi connectivity index (χ2n) is 5.24. The summed E-state index contributed by atoms with van der Waals surface area (Å²) in [6.07, 6.45) is 1.53. The first-order valence-electron chi connectivity index (χ1n) is 6.86. The molecule has 0 saturated heterocycles. The molecule has 0 aromatic heterocycles. The van der Waals surface area contributed by atoms with Crippen molar-refractivity contribution in [3.63, 3.8) is 0 Å². The van der Waals surface area contributed by atoms with Gasteiger partial charge in [-0.1, -0.05) is 26.0 Å². The van der Waals surface area contributed by atoms with Crippen molar-refractivity contribution in [1.29, 1.82) is 0 Å². The number of aliphatic imine (C=N–C) groups is 1. The van der Waals surface area contributed by atoms with Crippen molar-refractivity contribution in [2.45, 2.75) is 26.7 Å². The Morgan fingerprint density at radius 3 is 2.70 bits per heavy atom. The lowest BCUT2D eigenvalue weighted by molar-refractivity contribution is -0.385. The van der Waals surface area contributed by atoms with Crippen LogP contribution in [0.5, 0.6) is 0 Å². The first-order valence-corrected chi connectivity index (χ1v) is 7.68. The number of nitro benzene ring substituents is 1. The lowest BCUT2D eigenvalue weighted by Gasteiger charge is -2.07. The quantitative estimate of drug-likeness (QED) is 0.520. The van der Waals surface area contributed by atoms with Gasteiger partial charge in [-0.2, -0.15) is 4.99 Å². The second-order valence-corrected chi connectivity index (χ2v) is 6.27. The largest absolute Gasteiger partial charge is 0.305 e. The third-order valence-electron chi connectivity index (χ3n) is 3.07. The Labute approximate surface area is 137 Å². The predicted molar refractivity (Wildman–Crippen MR) is 89.0 cm³/mol. The molecule has 0 radical (unpaired) electrons. The SMILES string of the molecule is CC(=O)NC1=NC(=O)C(=Cc2ccc(C(C)C)c([N+](=O)[O-])c2)S1. The fourth-order valence-corrected chi connectivity index (χ4v) is 2.92. The van der Waals surface area contributed by atoms with E-state index in [4.69, 9.17) is 0 Å². The summed E-state index contributed by atoms with van der Waals surface area (Å²) in [7, 11) is 0. The van der Waals surface area contributed by atoms with E-state index in [-0.39, 0.29) is 22.7 Å². The molecule has 1 aromatic carbocycles. The molecule has 23 heavy (non-hydrogen) atoms. The number of nitrogens with zero attached hydrogens (tertiary/aromatic N) is 2. The monoisotopic (exact) mass is 333 g/mol. The number of benzene rings is 1. The van der Waals surface area contributed by atoms with E-state index in [2.05, 4.69) is 10.3 Å². The number of amides is 2. The maximum Gasteiger partial charge on any atom is 0.286 e. The Bertz CT molecular complexity index is 753. The highest BCUT2D eigenvalue weighted by atomic mass is 32.2. The Morgan fingerprint density at radius 1 is 1.43 bits per heavy atom. The number of nitro groups is 1. The standard InChI is InChI=1S/C15H15N3O4S/c1-8(2)11-5-4-10(6-12(11)18(21)22)7-13-14(20)17-15(23-13)16-9(3)19/h4-8H,1-3H3,(H,16,17,19,20). The molecule has 0 bridgehead atoms. The molecule has 1 N–H and O–H groups in total. The van der Waals surface area contributed by atoms with E-state index in [9.17, 15) is 19.7 Å². The van der Waals surface area contributed by atoms with Crippen LogP contribution in [0.1, 0.15) is 37.8 Å². The minimum absolute atomic E-state index is 0.0211.